The molecule has 0 nitrogen and oxygen atoms in total. The molecule has 0 unspecified atom stereocenters. The van der Waals surface area contributed by atoms with E-state index >= 15 is 0 Å². The summed E-state index contributed by atoms with van der Waals surface area (Å²) in [5, 5.41) is 2.55. The predicted octanol–water partition coefficient (Wildman–Crippen LogP) is 4.43. The monoisotopic (exact) mass is 194 g/mol. The van der Waals surface area contributed by atoms with Crippen molar-refractivity contribution in [1.82, 2.24) is 0 Å². The number of hydrogen-bond acceptors (Lipinski definition) is 0. The van der Waals surface area contributed by atoms with Gasteiger partial charge in [-0.2, -0.15) is 0 Å². The van der Waals surface area contributed by atoms with Gasteiger partial charge in [-0.25, -0.2) is 0 Å². The van der Waals surface area contributed by atoms with Gasteiger partial charge in [0.15, 0.2) is 0 Å². The van der Waals surface area contributed by atoms with Crippen molar-refractivity contribution >= 4 is 22.9 Å². The highest BCUT2D eigenvalue weighted by Gasteiger charge is 2.01. The third kappa shape index (κ3) is 1.59. The second-order valence-electron chi connectivity index (χ2n) is 3.69. The molecule has 0 atom stereocenters. The summed E-state index contributed by atoms with van der Waals surface area (Å²) >= 11 is 0. The molecule has 0 amide bonds. The van der Waals surface area contributed by atoms with E-state index in [4.69, 9.17) is 0 Å². The SMILES string of the molecule is C=Cc1cc2cccc(C)c2cc1C=C. The quantitative estimate of drug-likeness (QED) is 0.663. The van der Waals surface area contributed by atoms with E-state index in [1.807, 2.05) is 12.2 Å². The Balaban J connectivity index is 2.86. The number of hydrogen-bond donors (Lipinski definition) is 0. The van der Waals surface area contributed by atoms with Gasteiger partial charge in [-0.05, 0) is 46.5 Å². The zero-order valence-electron chi connectivity index (χ0n) is 8.96. The summed E-state index contributed by atoms with van der Waals surface area (Å²) < 4.78 is 0. The second-order valence-corrected chi connectivity index (χ2v) is 3.69. The fourth-order valence-electron chi connectivity index (χ4n) is 1.87. The first-order valence-electron chi connectivity index (χ1n) is 5.04. The van der Waals surface area contributed by atoms with Crippen LogP contribution in [0.5, 0.6) is 0 Å². The molecule has 0 aliphatic rings. The van der Waals surface area contributed by atoms with Crippen LogP contribution in [-0.4, -0.2) is 0 Å². The maximum Gasteiger partial charge on any atom is -0.0148 e. The molecule has 0 aromatic heterocycles. The molecule has 2 rings (SSSR count). The van der Waals surface area contributed by atoms with Crippen molar-refractivity contribution in [1.29, 1.82) is 0 Å². The van der Waals surface area contributed by atoms with Crippen LogP contribution in [0.25, 0.3) is 22.9 Å². The molecule has 0 heteroatoms. The van der Waals surface area contributed by atoms with Crippen molar-refractivity contribution in [3.63, 3.8) is 0 Å². The molecular weight excluding hydrogens is 180 g/mol. The van der Waals surface area contributed by atoms with Gasteiger partial charge >= 0.3 is 0 Å². The van der Waals surface area contributed by atoms with Crippen molar-refractivity contribution in [2.75, 3.05) is 0 Å². The van der Waals surface area contributed by atoms with Crippen molar-refractivity contribution in [2.24, 2.45) is 0 Å². The fourth-order valence-corrected chi connectivity index (χ4v) is 1.87. The smallest absolute Gasteiger partial charge is 0.0148 e. The first-order chi connectivity index (χ1) is 7.26. The van der Waals surface area contributed by atoms with Gasteiger partial charge in [0, 0.05) is 0 Å². The van der Waals surface area contributed by atoms with E-state index in [0.29, 0.717) is 0 Å². The van der Waals surface area contributed by atoms with Crippen LogP contribution in [0.4, 0.5) is 0 Å². The molecule has 0 fully saturated rings. The molecule has 2 aromatic rings. The van der Waals surface area contributed by atoms with Crippen LogP contribution < -0.4 is 0 Å². The van der Waals surface area contributed by atoms with E-state index < -0.39 is 0 Å². The Hall–Kier alpha value is -1.82. The van der Waals surface area contributed by atoms with Crippen molar-refractivity contribution in [3.05, 3.63) is 60.2 Å². The molecule has 15 heavy (non-hydrogen) atoms. The minimum absolute atomic E-state index is 1.14. The molecule has 0 bridgehead atoms. The molecule has 0 heterocycles. The van der Waals surface area contributed by atoms with Gasteiger partial charge in [0.1, 0.15) is 0 Å². The normalized spacial score (nSPS) is 10.2. The van der Waals surface area contributed by atoms with Crippen LogP contribution in [-0.2, 0) is 0 Å². The Bertz CT molecular complexity index is 533. The van der Waals surface area contributed by atoms with Gasteiger partial charge in [0.05, 0.1) is 0 Å². The molecule has 0 spiro atoms. The molecule has 2 aromatic carbocycles. The van der Waals surface area contributed by atoms with Crippen LogP contribution in [0.3, 0.4) is 0 Å². The first kappa shape index (κ1) is 9.72. The molecular formula is C15H14. The van der Waals surface area contributed by atoms with E-state index in [-0.39, 0.29) is 0 Å². The van der Waals surface area contributed by atoms with Crippen LogP contribution in [0.2, 0.25) is 0 Å². The highest BCUT2D eigenvalue weighted by atomic mass is 14.1. The Morgan fingerprint density at radius 2 is 1.67 bits per heavy atom. The summed E-state index contributed by atoms with van der Waals surface area (Å²) in [4.78, 5) is 0. The minimum Gasteiger partial charge on any atom is -0.0984 e. The summed E-state index contributed by atoms with van der Waals surface area (Å²) in [5.74, 6) is 0. The zero-order chi connectivity index (χ0) is 10.8. The lowest BCUT2D eigenvalue weighted by atomic mass is 9.98. The Labute approximate surface area is 90.6 Å². The Morgan fingerprint density at radius 1 is 1.00 bits per heavy atom. The lowest BCUT2D eigenvalue weighted by molar-refractivity contribution is 1.52. The molecule has 0 radical (unpaired) electrons. The summed E-state index contributed by atoms with van der Waals surface area (Å²) in [5.41, 5.74) is 3.58. The Kier molecular flexibility index (Phi) is 2.42. The number of rotatable bonds is 2. The average molecular weight is 194 g/mol. The van der Waals surface area contributed by atoms with Gasteiger partial charge in [-0.1, -0.05) is 43.5 Å². The van der Waals surface area contributed by atoms with E-state index in [1.54, 1.807) is 0 Å². The number of fused-ring (bicyclic) bond motifs is 1. The lowest BCUT2D eigenvalue weighted by Gasteiger charge is -2.06. The predicted molar refractivity (Wildman–Crippen MR) is 68.9 cm³/mol. The fraction of sp³-hybridized carbons (Fsp3) is 0.0667. The van der Waals surface area contributed by atoms with Gasteiger partial charge in [-0.3, -0.25) is 0 Å². The van der Waals surface area contributed by atoms with Crippen LogP contribution in [0.15, 0.2) is 43.5 Å². The summed E-state index contributed by atoms with van der Waals surface area (Å²) in [6.45, 7) is 9.78. The standard InChI is InChI=1S/C15H14/c1-4-12-9-14-8-6-7-11(3)15(14)10-13(12)5-2/h4-10H,1-2H2,3H3. The van der Waals surface area contributed by atoms with E-state index in [9.17, 15) is 0 Å². The lowest BCUT2D eigenvalue weighted by Crippen LogP contribution is -1.84. The molecule has 74 valence electrons. The van der Waals surface area contributed by atoms with Crippen LogP contribution >= 0.6 is 0 Å². The second kappa shape index (κ2) is 3.74. The minimum atomic E-state index is 1.14. The molecule has 0 N–H and O–H groups in total. The van der Waals surface area contributed by atoms with Crippen LogP contribution in [0, 0.1) is 6.92 Å². The van der Waals surface area contributed by atoms with E-state index in [2.05, 4.69) is 50.4 Å². The largest absolute Gasteiger partial charge is 0.0984 e. The number of aryl methyl sites for hydroxylation is 1. The summed E-state index contributed by atoms with van der Waals surface area (Å²) in [6.07, 6.45) is 3.75. The summed E-state index contributed by atoms with van der Waals surface area (Å²) in [7, 11) is 0. The van der Waals surface area contributed by atoms with E-state index in [0.717, 1.165) is 11.1 Å². The van der Waals surface area contributed by atoms with Gasteiger partial charge < -0.3 is 0 Å². The maximum absolute atomic E-state index is 3.83. The third-order valence-corrected chi connectivity index (χ3v) is 2.74. The molecule has 0 saturated carbocycles. The van der Waals surface area contributed by atoms with Gasteiger partial charge in [0.2, 0.25) is 0 Å². The first-order valence-corrected chi connectivity index (χ1v) is 5.04. The number of benzene rings is 2. The third-order valence-electron chi connectivity index (χ3n) is 2.74. The van der Waals surface area contributed by atoms with Crippen LogP contribution in [0.1, 0.15) is 16.7 Å². The zero-order valence-corrected chi connectivity index (χ0v) is 8.96. The highest BCUT2D eigenvalue weighted by Crippen LogP contribution is 2.24. The van der Waals surface area contributed by atoms with Gasteiger partial charge in [0.25, 0.3) is 0 Å². The molecule has 0 aliphatic heterocycles. The summed E-state index contributed by atoms with van der Waals surface area (Å²) in [6, 6.07) is 10.7. The highest BCUT2D eigenvalue weighted by molar-refractivity contribution is 5.90. The van der Waals surface area contributed by atoms with Gasteiger partial charge in [-0.15, -0.1) is 0 Å². The van der Waals surface area contributed by atoms with Crippen molar-refractivity contribution in [2.45, 2.75) is 6.92 Å². The van der Waals surface area contributed by atoms with Crippen molar-refractivity contribution in [3.8, 4) is 0 Å². The molecule has 0 aliphatic carbocycles. The van der Waals surface area contributed by atoms with E-state index in [1.165, 1.54) is 16.3 Å². The Morgan fingerprint density at radius 3 is 2.33 bits per heavy atom. The maximum atomic E-state index is 3.83. The van der Waals surface area contributed by atoms with Crippen molar-refractivity contribution < 1.29 is 0 Å². The average Bonchev–Trinajstić information content (AvgIpc) is 2.28. The topological polar surface area (TPSA) is 0 Å². The molecule has 0 saturated heterocycles.